The molecule has 0 bridgehead atoms. The van der Waals surface area contributed by atoms with Crippen molar-refractivity contribution in [2.24, 2.45) is 0 Å². The standard InChI is InChI=1S/C19H17NO.HI/c1-2-20-17(11-7-15-8-13-18(21)14-9-15)12-10-16-5-3-4-6-19(16)20;/h3-14H,2H2,1H3;1H. The van der Waals surface area contributed by atoms with Crippen molar-refractivity contribution in [3.05, 3.63) is 71.9 Å². The molecule has 0 spiro atoms. The zero-order chi connectivity index (χ0) is 14.7. The predicted octanol–water partition coefficient (Wildman–Crippen LogP) is 1.03. The van der Waals surface area contributed by atoms with Crippen molar-refractivity contribution in [1.82, 2.24) is 0 Å². The van der Waals surface area contributed by atoms with Gasteiger partial charge in [-0.05, 0) is 42.8 Å². The Hall–Kier alpha value is -1.88. The fourth-order valence-corrected chi connectivity index (χ4v) is 2.54. The summed E-state index contributed by atoms with van der Waals surface area (Å²) < 4.78 is 2.30. The maximum atomic E-state index is 9.31. The summed E-state index contributed by atoms with van der Waals surface area (Å²) in [7, 11) is 0. The van der Waals surface area contributed by atoms with E-state index in [9.17, 15) is 5.11 Å². The Bertz CT molecular complexity index is 794. The molecule has 0 saturated carbocycles. The van der Waals surface area contributed by atoms with E-state index in [1.165, 1.54) is 16.6 Å². The van der Waals surface area contributed by atoms with E-state index in [2.05, 4.69) is 60.0 Å². The van der Waals surface area contributed by atoms with Crippen LogP contribution in [-0.4, -0.2) is 5.11 Å². The van der Waals surface area contributed by atoms with Crippen molar-refractivity contribution >= 4 is 23.1 Å². The normalized spacial score (nSPS) is 10.8. The van der Waals surface area contributed by atoms with Crippen LogP contribution < -0.4 is 28.5 Å². The van der Waals surface area contributed by atoms with Gasteiger partial charge in [-0.1, -0.05) is 24.3 Å². The second-order valence-electron chi connectivity index (χ2n) is 4.99. The number of hydrogen-bond acceptors (Lipinski definition) is 1. The van der Waals surface area contributed by atoms with E-state index in [0.29, 0.717) is 5.75 Å². The maximum Gasteiger partial charge on any atom is 0.212 e. The number of pyridine rings is 1. The lowest BCUT2D eigenvalue weighted by atomic mass is 10.1. The molecule has 0 amide bonds. The van der Waals surface area contributed by atoms with Crippen LogP contribution in [0.1, 0.15) is 18.2 Å². The summed E-state index contributed by atoms with van der Waals surface area (Å²) in [5, 5.41) is 10.6. The minimum atomic E-state index is 0. The molecule has 22 heavy (non-hydrogen) atoms. The molecule has 3 aromatic rings. The van der Waals surface area contributed by atoms with Gasteiger partial charge in [0.15, 0.2) is 0 Å². The highest BCUT2D eigenvalue weighted by molar-refractivity contribution is 5.77. The molecule has 0 atom stereocenters. The Morgan fingerprint density at radius 2 is 1.64 bits per heavy atom. The van der Waals surface area contributed by atoms with Crippen molar-refractivity contribution in [2.45, 2.75) is 13.5 Å². The van der Waals surface area contributed by atoms with E-state index in [4.69, 9.17) is 0 Å². The quantitative estimate of drug-likeness (QED) is 0.513. The zero-order valence-corrected chi connectivity index (χ0v) is 14.6. The first-order chi connectivity index (χ1) is 10.3. The summed E-state index contributed by atoms with van der Waals surface area (Å²) >= 11 is 0. The summed E-state index contributed by atoms with van der Waals surface area (Å²) in [6.07, 6.45) is 4.18. The van der Waals surface area contributed by atoms with Crippen LogP contribution in [0.15, 0.2) is 60.7 Å². The van der Waals surface area contributed by atoms with Gasteiger partial charge in [-0.3, -0.25) is 0 Å². The summed E-state index contributed by atoms with van der Waals surface area (Å²) in [5.41, 5.74) is 3.49. The summed E-state index contributed by atoms with van der Waals surface area (Å²) in [6.45, 7) is 3.08. The van der Waals surface area contributed by atoms with E-state index in [1.807, 2.05) is 12.1 Å². The van der Waals surface area contributed by atoms with Crippen molar-refractivity contribution < 1.29 is 33.7 Å². The number of hydrogen-bond donors (Lipinski definition) is 1. The molecule has 1 heterocycles. The fraction of sp³-hybridized carbons (Fsp3) is 0.105. The number of phenols is 1. The Labute approximate surface area is 147 Å². The maximum absolute atomic E-state index is 9.31. The minimum absolute atomic E-state index is 0. The van der Waals surface area contributed by atoms with Gasteiger partial charge in [-0.2, -0.15) is 4.57 Å². The largest absolute Gasteiger partial charge is 1.00 e. The highest BCUT2D eigenvalue weighted by atomic mass is 127. The number of halogens is 1. The van der Waals surface area contributed by atoms with E-state index in [1.54, 1.807) is 12.1 Å². The molecule has 2 nitrogen and oxygen atoms in total. The third kappa shape index (κ3) is 3.47. The first kappa shape index (κ1) is 16.5. The van der Waals surface area contributed by atoms with E-state index >= 15 is 0 Å². The van der Waals surface area contributed by atoms with Crippen LogP contribution in [0.5, 0.6) is 5.75 Å². The van der Waals surface area contributed by atoms with Crippen molar-refractivity contribution in [1.29, 1.82) is 0 Å². The van der Waals surface area contributed by atoms with Crippen LogP contribution >= 0.6 is 0 Å². The second-order valence-corrected chi connectivity index (χ2v) is 4.99. The average Bonchev–Trinajstić information content (AvgIpc) is 2.53. The molecule has 2 aromatic carbocycles. The molecule has 0 radical (unpaired) electrons. The number of rotatable bonds is 3. The van der Waals surface area contributed by atoms with Crippen LogP contribution in [-0.2, 0) is 6.54 Å². The molecule has 1 N–H and O–H groups in total. The SMILES string of the molecule is CC[n+]1c(/C=C\c2ccc(O)cc2)ccc2ccccc21.[I-]. The van der Waals surface area contributed by atoms with Crippen molar-refractivity contribution in [3.8, 4) is 5.75 Å². The monoisotopic (exact) mass is 403 g/mol. The first-order valence-electron chi connectivity index (χ1n) is 7.16. The molecular weight excluding hydrogens is 385 g/mol. The molecule has 0 fully saturated rings. The van der Waals surface area contributed by atoms with E-state index in [0.717, 1.165) is 12.1 Å². The number of nitrogens with zero attached hydrogens (tertiary/aromatic N) is 1. The van der Waals surface area contributed by atoms with Gasteiger partial charge in [-0.15, -0.1) is 0 Å². The zero-order valence-electron chi connectivity index (χ0n) is 12.4. The molecule has 112 valence electrons. The molecule has 0 aliphatic rings. The van der Waals surface area contributed by atoms with Gasteiger partial charge in [0, 0.05) is 23.6 Å². The first-order valence-corrected chi connectivity index (χ1v) is 7.16. The average molecular weight is 403 g/mol. The topological polar surface area (TPSA) is 24.1 Å². The molecule has 0 aliphatic carbocycles. The van der Waals surface area contributed by atoms with Gasteiger partial charge in [0.2, 0.25) is 11.2 Å². The summed E-state index contributed by atoms with van der Waals surface area (Å²) in [6, 6.07) is 19.9. The number of aryl methyl sites for hydroxylation is 1. The van der Waals surface area contributed by atoms with Gasteiger partial charge in [0.05, 0.1) is 0 Å². The van der Waals surface area contributed by atoms with Crippen LogP contribution in [0.2, 0.25) is 0 Å². The number of fused-ring (bicyclic) bond motifs is 1. The van der Waals surface area contributed by atoms with E-state index < -0.39 is 0 Å². The van der Waals surface area contributed by atoms with Crippen LogP contribution in [0.4, 0.5) is 0 Å². The molecule has 1 aromatic heterocycles. The van der Waals surface area contributed by atoms with Gasteiger partial charge in [0.25, 0.3) is 0 Å². The van der Waals surface area contributed by atoms with Gasteiger partial charge in [0.1, 0.15) is 12.3 Å². The highest BCUT2D eigenvalue weighted by Crippen LogP contribution is 2.14. The molecule has 3 rings (SSSR count). The molecule has 0 aliphatic heterocycles. The van der Waals surface area contributed by atoms with E-state index in [-0.39, 0.29) is 24.0 Å². The fourth-order valence-electron chi connectivity index (χ4n) is 2.54. The third-order valence-corrected chi connectivity index (χ3v) is 3.63. The lowest BCUT2D eigenvalue weighted by molar-refractivity contribution is -0.669. The second kappa shape index (κ2) is 7.40. The third-order valence-electron chi connectivity index (χ3n) is 3.63. The Balaban J connectivity index is 0.00000176. The highest BCUT2D eigenvalue weighted by Gasteiger charge is 2.10. The number of aromatic nitrogens is 1. The Morgan fingerprint density at radius 3 is 2.36 bits per heavy atom. The smallest absolute Gasteiger partial charge is 0.212 e. The minimum Gasteiger partial charge on any atom is -1.00 e. The van der Waals surface area contributed by atoms with Crippen LogP contribution in [0, 0.1) is 0 Å². The Kier molecular flexibility index (Phi) is 5.55. The number of para-hydroxylation sites is 1. The summed E-state index contributed by atoms with van der Waals surface area (Å²) in [4.78, 5) is 0. The van der Waals surface area contributed by atoms with Gasteiger partial charge < -0.3 is 29.1 Å². The summed E-state index contributed by atoms with van der Waals surface area (Å²) in [5.74, 6) is 0.293. The molecule has 0 unspecified atom stereocenters. The Morgan fingerprint density at radius 1 is 0.909 bits per heavy atom. The molecular formula is C19H18INO. The predicted molar refractivity (Wildman–Crippen MR) is 86.9 cm³/mol. The van der Waals surface area contributed by atoms with Crippen molar-refractivity contribution in [3.63, 3.8) is 0 Å². The molecule has 3 heteroatoms. The van der Waals surface area contributed by atoms with Crippen LogP contribution in [0.3, 0.4) is 0 Å². The number of phenolic OH excluding ortho intramolecular Hbond substituents is 1. The molecule has 0 saturated heterocycles. The van der Waals surface area contributed by atoms with Gasteiger partial charge >= 0.3 is 0 Å². The number of aromatic hydroxyl groups is 1. The van der Waals surface area contributed by atoms with Crippen molar-refractivity contribution in [2.75, 3.05) is 0 Å². The van der Waals surface area contributed by atoms with Crippen LogP contribution in [0.25, 0.3) is 23.1 Å². The van der Waals surface area contributed by atoms with Gasteiger partial charge in [-0.25, -0.2) is 0 Å². The lowest BCUT2D eigenvalue weighted by Gasteiger charge is -2.02. The number of benzene rings is 2. The lowest BCUT2D eigenvalue weighted by Crippen LogP contribution is -3.00.